The predicted octanol–water partition coefficient (Wildman–Crippen LogP) is 2.02. The van der Waals surface area contributed by atoms with Crippen molar-refractivity contribution in [1.82, 2.24) is 15.5 Å². The normalized spacial score (nSPS) is 19.2. The fourth-order valence-electron chi connectivity index (χ4n) is 2.71. The third-order valence-corrected chi connectivity index (χ3v) is 4.18. The second-order valence-electron chi connectivity index (χ2n) is 5.99. The second-order valence-corrected chi connectivity index (χ2v) is 5.99. The average Bonchev–Trinajstić information content (AvgIpc) is 2.61. The predicted molar refractivity (Wildman–Crippen MR) is 95.8 cm³/mol. The number of rotatable bonds is 6. The zero-order valence-electron chi connectivity index (χ0n) is 14.6. The summed E-state index contributed by atoms with van der Waals surface area (Å²) in [7, 11) is 0. The molecule has 5 nitrogen and oxygen atoms in total. The molecule has 0 aliphatic carbocycles. The first-order valence-electron chi connectivity index (χ1n) is 8.62. The third kappa shape index (κ3) is 5.84. The van der Waals surface area contributed by atoms with Crippen molar-refractivity contribution in [3.05, 3.63) is 35.9 Å². The van der Waals surface area contributed by atoms with E-state index in [0.29, 0.717) is 6.04 Å². The molecule has 1 heterocycles. The van der Waals surface area contributed by atoms with Gasteiger partial charge in [-0.3, -0.25) is 9.89 Å². The maximum absolute atomic E-state index is 5.41. The molecular formula is C18H30N4O. The van der Waals surface area contributed by atoms with Crippen LogP contribution in [0.15, 0.2) is 35.3 Å². The highest BCUT2D eigenvalue weighted by molar-refractivity contribution is 5.80. The minimum Gasteiger partial charge on any atom is -0.379 e. The summed E-state index contributed by atoms with van der Waals surface area (Å²) in [6.45, 7) is 11.8. The van der Waals surface area contributed by atoms with Crippen LogP contribution in [0.5, 0.6) is 0 Å². The fraction of sp³-hybridized carbons (Fsp3) is 0.611. The van der Waals surface area contributed by atoms with Crippen LogP contribution < -0.4 is 10.6 Å². The van der Waals surface area contributed by atoms with Crippen LogP contribution in [0.1, 0.15) is 32.4 Å². The number of nitrogens with zero attached hydrogens (tertiary/aromatic N) is 2. The van der Waals surface area contributed by atoms with Crippen molar-refractivity contribution in [3.63, 3.8) is 0 Å². The van der Waals surface area contributed by atoms with Gasteiger partial charge in [0.15, 0.2) is 5.96 Å². The number of hydrogen-bond donors (Lipinski definition) is 2. The summed E-state index contributed by atoms with van der Waals surface area (Å²) in [4.78, 5) is 7.21. The van der Waals surface area contributed by atoms with E-state index in [1.807, 2.05) is 6.07 Å². The van der Waals surface area contributed by atoms with E-state index in [4.69, 9.17) is 9.73 Å². The maximum Gasteiger partial charge on any atom is 0.191 e. The van der Waals surface area contributed by atoms with Crippen molar-refractivity contribution in [2.24, 2.45) is 4.99 Å². The highest BCUT2D eigenvalue weighted by Crippen LogP contribution is 2.11. The SMILES string of the molecule is CCNC(=NCC(C)N1CCOCC1)NC(C)c1ccccc1. The van der Waals surface area contributed by atoms with Crippen molar-refractivity contribution in [2.45, 2.75) is 32.9 Å². The number of guanidine groups is 1. The van der Waals surface area contributed by atoms with Gasteiger partial charge in [-0.2, -0.15) is 0 Å². The molecule has 2 N–H and O–H groups in total. The van der Waals surface area contributed by atoms with E-state index in [0.717, 1.165) is 45.4 Å². The Morgan fingerprint density at radius 3 is 2.57 bits per heavy atom. The first-order valence-corrected chi connectivity index (χ1v) is 8.62. The number of morpholine rings is 1. The third-order valence-electron chi connectivity index (χ3n) is 4.18. The quantitative estimate of drug-likeness (QED) is 0.622. The highest BCUT2D eigenvalue weighted by atomic mass is 16.5. The fourth-order valence-corrected chi connectivity index (χ4v) is 2.71. The smallest absolute Gasteiger partial charge is 0.191 e. The van der Waals surface area contributed by atoms with Gasteiger partial charge < -0.3 is 15.4 Å². The van der Waals surface area contributed by atoms with Crippen molar-refractivity contribution >= 4 is 5.96 Å². The summed E-state index contributed by atoms with van der Waals surface area (Å²) in [5, 5.41) is 6.83. The summed E-state index contributed by atoms with van der Waals surface area (Å²) < 4.78 is 5.41. The van der Waals surface area contributed by atoms with Gasteiger partial charge in [0.1, 0.15) is 0 Å². The number of aliphatic imine (C=N–C) groups is 1. The van der Waals surface area contributed by atoms with Gasteiger partial charge in [-0.1, -0.05) is 30.3 Å². The molecule has 0 aromatic heterocycles. The minimum absolute atomic E-state index is 0.229. The lowest BCUT2D eigenvalue weighted by atomic mass is 10.1. The molecule has 0 amide bonds. The maximum atomic E-state index is 5.41. The molecule has 0 bridgehead atoms. The molecule has 0 spiro atoms. The van der Waals surface area contributed by atoms with Gasteiger partial charge in [-0.25, -0.2) is 0 Å². The Morgan fingerprint density at radius 1 is 1.22 bits per heavy atom. The van der Waals surface area contributed by atoms with Gasteiger partial charge in [-0.05, 0) is 26.3 Å². The Balaban J connectivity index is 1.91. The Labute approximate surface area is 140 Å². The molecule has 1 aromatic carbocycles. The molecule has 2 rings (SSSR count). The molecule has 2 atom stereocenters. The van der Waals surface area contributed by atoms with Gasteiger partial charge in [0.05, 0.1) is 25.8 Å². The molecule has 128 valence electrons. The van der Waals surface area contributed by atoms with E-state index in [1.165, 1.54) is 5.56 Å². The largest absolute Gasteiger partial charge is 0.379 e. The molecule has 1 aliphatic heterocycles. The van der Waals surface area contributed by atoms with Crippen LogP contribution in [0.4, 0.5) is 0 Å². The topological polar surface area (TPSA) is 48.9 Å². The van der Waals surface area contributed by atoms with E-state index in [9.17, 15) is 0 Å². The Morgan fingerprint density at radius 2 is 1.91 bits per heavy atom. The summed E-state index contributed by atoms with van der Waals surface area (Å²) in [5.74, 6) is 0.879. The standard InChI is InChI=1S/C18H30N4O/c1-4-19-18(21-16(3)17-8-6-5-7-9-17)20-14-15(2)22-10-12-23-13-11-22/h5-9,15-16H,4,10-14H2,1-3H3,(H2,19,20,21). The summed E-state index contributed by atoms with van der Waals surface area (Å²) in [6, 6.07) is 11.1. The van der Waals surface area contributed by atoms with Crippen LogP contribution >= 0.6 is 0 Å². The van der Waals surface area contributed by atoms with Gasteiger partial charge in [0.25, 0.3) is 0 Å². The zero-order chi connectivity index (χ0) is 16.5. The van der Waals surface area contributed by atoms with Crippen LogP contribution in [0, 0.1) is 0 Å². The lowest BCUT2D eigenvalue weighted by Crippen LogP contribution is -2.44. The molecule has 1 aliphatic rings. The molecule has 23 heavy (non-hydrogen) atoms. The van der Waals surface area contributed by atoms with Gasteiger partial charge in [0, 0.05) is 25.7 Å². The first kappa shape index (κ1) is 17.8. The number of nitrogens with one attached hydrogen (secondary N) is 2. The van der Waals surface area contributed by atoms with Gasteiger partial charge in [0.2, 0.25) is 0 Å². The molecule has 1 fully saturated rings. The van der Waals surface area contributed by atoms with Crippen molar-refractivity contribution in [2.75, 3.05) is 39.4 Å². The minimum atomic E-state index is 0.229. The second kappa shape index (κ2) is 9.53. The van der Waals surface area contributed by atoms with Crippen molar-refractivity contribution in [3.8, 4) is 0 Å². The monoisotopic (exact) mass is 318 g/mol. The van der Waals surface area contributed by atoms with E-state index >= 15 is 0 Å². The Hall–Kier alpha value is -1.59. The number of ether oxygens (including phenoxy) is 1. The van der Waals surface area contributed by atoms with Gasteiger partial charge in [-0.15, -0.1) is 0 Å². The lowest BCUT2D eigenvalue weighted by Gasteiger charge is -2.31. The van der Waals surface area contributed by atoms with Crippen LogP contribution in [0.25, 0.3) is 0 Å². The number of hydrogen-bond acceptors (Lipinski definition) is 3. The van der Waals surface area contributed by atoms with Crippen LogP contribution in [-0.2, 0) is 4.74 Å². The van der Waals surface area contributed by atoms with E-state index < -0.39 is 0 Å². The number of benzene rings is 1. The Bertz CT molecular complexity index is 471. The molecule has 0 radical (unpaired) electrons. The van der Waals surface area contributed by atoms with Crippen LogP contribution in [0.2, 0.25) is 0 Å². The zero-order valence-corrected chi connectivity index (χ0v) is 14.6. The molecule has 1 aromatic rings. The van der Waals surface area contributed by atoms with Crippen LogP contribution in [-0.4, -0.2) is 56.3 Å². The van der Waals surface area contributed by atoms with E-state index in [-0.39, 0.29) is 6.04 Å². The molecule has 2 unspecified atom stereocenters. The molecule has 1 saturated heterocycles. The van der Waals surface area contributed by atoms with Crippen molar-refractivity contribution < 1.29 is 4.74 Å². The highest BCUT2D eigenvalue weighted by Gasteiger charge is 2.17. The van der Waals surface area contributed by atoms with Gasteiger partial charge >= 0.3 is 0 Å². The first-order chi connectivity index (χ1) is 11.2. The van der Waals surface area contributed by atoms with E-state index in [2.05, 4.69) is 60.6 Å². The summed E-state index contributed by atoms with van der Waals surface area (Å²) >= 11 is 0. The lowest BCUT2D eigenvalue weighted by molar-refractivity contribution is 0.0220. The molecular weight excluding hydrogens is 288 g/mol. The summed E-state index contributed by atoms with van der Waals surface area (Å²) in [5.41, 5.74) is 1.26. The van der Waals surface area contributed by atoms with Crippen molar-refractivity contribution in [1.29, 1.82) is 0 Å². The summed E-state index contributed by atoms with van der Waals surface area (Å²) in [6.07, 6.45) is 0. The average molecular weight is 318 g/mol. The van der Waals surface area contributed by atoms with Crippen LogP contribution in [0.3, 0.4) is 0 Å². The molecule has 5 heteroatoms. The molecule has 0 saturated carbocycles. The van der Waals surface area contributed by atoms with E-state index in [1.54, 1.807) is 0 Å². The Kier molecular flexibility index (Phi) is 7.36.